The Hall–Kier alpha value is -2.20. The fraction of sp³-hybridized carbons (Fsp3) is 0.0588. The van der Waals surface area contributed by atoms with E-state index in [0.717, 1.165) is 32.8 Å². The third-order valence-electron chi connectivity index (χ3n) is 3.63. The van der Waals surface area contributed by atoms with E-state index in [9.17, 15) is 0 Å². The number of nitrogens with zero attached hydrogens (tertiary/aromatic N) is 3. The Morgan fingerprint density at radius 3 is 2.67 bits per heavy atom. The van der Waals surface area contributed by atoms with Crippen LogP contribution >= 0.6 is 15.9 Å². The Kier molecular flexibility index (Phi) is 2.97. The quantitative estimate of drug-likeness (QED) is 0.543. The zero-order valence-corrected chi connectivity index (χ0v) is 12.8. The first-order chi connectivity index (χ1) is 10.3. The lowest BCUT2D eigenvalue weighted by molar-refractivity contribution is 0.711. The smallest absolute Gasteiger partial charge is 0.0876 e. The molecule has 0 aliphatic rings. The number of fused-ring (bicyclic) bond motifs is 3. The molecule has 0 spiro atoms. The number of hydrogen-bond donors (Lipinski definition) is 0. The normalized spacial score (nSPS) is 11.3. The van der Waals surface area contributed by atoms with Gasteiger partial charge in [-0.25, -0.2) is 0 Å². The molecule has 2 aromatic carbocycles. The molecule has 0 saturated heterocycles. The van der Waals surface area contributed by atoms with Crippen LogP contribution in [0, 0.1) is 0 Å². The molecule has 0 radical (unpaired) electrons. The summed E-state index contributed by atoms with van der Waals surface area (Å²) in [4.78, 5) is 4.54. The summed E-state index contributed by atoms with van der Waals surface area (Å²) in [6, 6.07) is 16.5. The van der Waals surface area contributed by atoms with E-state index in [2.05, 4.69) is 44.2 Å². The van der Waals surface area contributed by atoms with E-state index in [1.807, 2.05) is 47.4 Å². The van der Waals surface area contributed by atoms with E-state index in [1.54, 1.807) is 0 Å². The lowest BCUT2D eigenvalue weighted by Gasteiger charge is -2.05. The maximum absolute atomic E-state index is 4.54. The van der Waals surface area contributed by atoms with Gasteiger partial charge in [0.1, 0.15) is 0 Å². The fourth-order valence-corrected chi connectivity index (χ4v) is 2.95. The Labute approximate surface area is 130 Å². The molecule has 4 heteroatoms. The van der Waals surface area contributed by atoms with E-state index in [1.165, 1.54) is 5.56 Å². The zero-order valence-electron chi connectivity index (χ0n) is 11.2. The van der Waals surface area contributed by atoms with Crippen LogP contribution in [0.5, 0.6) is 0 Å². The van der Waals surface area contributed by atoms with Gasteiger partial charge in [0.05, 0.1) is 30.0 Å². The first-order valence-corrected chi connectivity index (χ1v) is 7.54. The average Bonchev–Trinajstić information content (AvgIpc) is 2.92. The van der Waals surface area contributed by atoms with Crippen molar-refractivity contribution in [2.24, 2.45) is 0 Å². The van der Waals surface area contributed by atoms with Gasteiger partial charge in [-0.3, -0.25) is 9.67 Å². The lowest BCUT2D eigenvalue weighted by Crippen LogP contribution is -2.01. The van der Waals surface area contributed by atoms with Gasteiger partial charge >= 0.3 is 0 Å². The van der Waals surface area contributed by atoms with Crippen LogP contribution in [0.15, 0.2) is 65.4 Å². The molecule has 0 aliphatic carbocycles. The molecule has 2 heterocycles. The molecule has 4 aromatic rings. The Balaban J connectivity index is 1.88. The van der Waals surface area contributed by atoms with Crippen LogP contribution in [0.3, 0.4) is 0 Å². The molecule has 0 saturated carbocycles. The molecule has 0 unspecified atom stereocenters. The molecular formula is C17H12BrN3. The minimum absolute atomic E-state index is 0.755. The average molecular weight is 338 g/mol. The second-order valence-electron chi connectivity index (χ2n) is 5.01. The van der Waals surface area contributed by atoms with Gasteiger partial charge < -0.3 is 0 Å². The van der Waals surface area contributed by atoms with E-state index in [-0.39, 0.29) is 0 Å². The summed E-state index contributed by atoms with van der Waals surface area (Å²) < 4.78 is 3.05. The van der Waals surface area contributed by atoms with Crippen molar-refractivity contribution in [3.05, 3.63) is 71.0 Å². The van der Waals surface area contributed by atoms with Crippen LogP contribution in [-0.2, 0) is 6.54 Å². The summed E-state index contributed by atoms with van der Waals surface area (Å²) in [7, 11) is 0. The Morgan fingerprint density at radius 2 is 1.81 bits per heavy atom. The van der Waals surface area contributed by atoms with Crippen molar-refractivity contribution in [2.75, 3.05) is 0 Å². The number of aromatic nitrogens is 3. The van der Waals surface area contributed by atoms with Crippen LogP contribution < -0.4 is 0 Å². The summed E-state index contributed by atoms with van der Waals surface area (Å²) in [6.45, 7) is 0.755. The largest absolute Gasteiger partial charge is 0.259 e. The maximum Gasteiger partial charge on any atom is 0.0876 e. The molecule has 0 fully saturated rings. The minimum atomic E-state index is 0.755. The van der Waals surface area contributed by atoms with Gasteiger partial charge in [0, 0.05) is 15.2 Å². The van der Waals surface area contributed by atoms with Gasteiger partial charge in [0.15, 0.2) is 0 Å². The van der Waals surface area contributed by atoms with Gasteiger partial charge in [0.2, 0.25) is 0 Å². The van der Waals surface area contributed by atoms with Crippen LogP contribution in [-0.4, -0.2) is 14.8 Å². The molecule has 0 aliphatic heterocycles. The zero-order chi connectivity index (χ0) is 14.2. The standard InChI is InChI=1S/C17H12BrN3/c18-13-6-7-16-14(8-13)15-9-20-21(17(15)10-19-16)11-12-4-2-1-3-5-12/h1-10H,11H2. The molecular weight excluding hydrogens is 326 g/mol. The van der Waals surface area contributed by atoms with Crippen molar-refractivity contribution in [2.45, 2.75) is 6.54 Å². The summed E-state index contributed by atoms with van der Waals surface area (Å²) in [6.07, 6.45) is 3.83. The maximum atomic E-state index is 4.54. The van der Waals surface area contributed by atoms with E-state index in [4.69, 9.17) is 0 Å². The lowest BCUT2D eigenvalue weighted by atomic mass is 10.1. The summed E-state index contributed by atoms with van der Waals surface area (Å²) >= 11 is 3.52. The Morgan fingerprint density at radius 1 is 0.952 bits per heavy atom. The minimum Gasteiger partial charge on any atom is -0.259 e. The highest BCUT2D eigenvalue weighted by Crippen LogP contribution is 2.26. The van der Waals surface area contributed by atoms with Gasteiger partial charge in [0.25, 0.3) is 0 Å². The van der Waals surface area contributed by atoms with Crippen LogP contribution in [0.4, 0.5) is 0 Å². The molecule has 2 aromatic heterocycles. The predicted octanol–water partition coefficient (Wildman–Crippen LogP) is 4.40. The number of halogens is 1. The molecule has 0 atom stereocenters. The molecule has 102 valence electrons. The SMILES string of the molecule is Brc1ccc2ncc3c(cnn3Cc3ccccc3)c2c1. The molecule has 3 nitrogen and oxygen atoms in total. The van der Waals surface area contributed by atoms with Crippen molar-refractivity contribution >= 4 is 37.7 Å². The summed E-state index contributed by atoms with van der Waals surface area (Å²) in [5.74, 6) is 0. The first-order valence-electron chi connectivity index (χ1n) is 6.75. The molecule has 21 heavy (non-hydrogen) atoms. The highest BCUT2D eigenvalue weighted by atomic mass is 79.9. The Bertz CT molecular complexity index is 929. The third-order valence-corrected chi connectivity index (χ3v) is 4.12. The van der Waals surface area contributed by atoms with Gasteiger partial charge in [-0.15, -0.1) is 0 Å². The number of rotatable bonds is 2. The third kappa shape index (κ3) is 2.21. The molecule has 0 amide bonds. The number of benzene rings is 2. The fourth-order valence-electron chi connectivity index (χ4n) is 2.59. The van der Waals surface area contributed by atoms with Gasteiger partial charge in [-0.1, -0.05) is 46.3 Å². The predicted molar refractivity (Wildman–Crippen MR) is 88.3 cm³/mol. The first kappa shape index (κ1) is 12.5. The number of pyridine rings is 1. The van der Waals surface area contributed by atoms with Crippen molar-refractivity contribution in [3.8, 4) is 0 Å². The van der Waals surface area contributed by atoms with E-state index < -0.39 is 0 Å². The monoisotopic (exact) mass is 337 g/mol. The highest BCUT2D eigenvalue weighted by Gasteiger charge is 2.08. The second-order valence-corrected chi connectivity index (χ2v) is 5.92. The second kappa shape index (κ2) is 4.97. The van der Waals surface area contributed by atoms with Crippen molar-refractivity contribution in [1.82, 2.24) is 14.8 Å². The number of hydrogen-bond acceptors (Lipinski definition) is 2. The topological polar surface area (TPSA) is 30.7 Å². The van der Waals surface area contributed by atoms with Crippen LogP contribution in [0.25, 0.3) is 21.8 Å². The van der Waals surface area contributed by atoms with Crippen molar-refractivity contribution < 1.29 is 0 Å². The summed E-state index contributed by atoms with van der Waals surface area (Å²) in [5.41, 5.74) is 3.28. The molecule has 0 N–H and O–H groups in total. The summed E-state index contributed by atoms with van der Waals surface area (Å²) in [5, 5.41) is 6.79. The van der Waals surface area contributed by atoms with E-state index in [0.29, 0.717) is 0 Å². The molecule has 4 rings (SSSR count). The van der Waals surface area contributed by atoms with Crippen LogP contribution in [0.2, 0.25) is 0 Å². The van der Waals surface area contributed by atoms with Crippen molar-refractivity contribution in [3.63, 3.8) is 0 Å². The van der Waals surface area contributed by atoms with Gasteiger partial charge in [-0.05, 0) is 23.8 Å². The van der Waals surface area contributed by atoms with Crippen molar-refractivity contribution in [1.29, 1.82) is 0 Å². The van der Waals surface area contributed by atoms with Gasteiger partial charge in [-0.2, -0.15) is 5.10 Å². The highest BCUT2D eigenvalue weighted by molar-refractivity contribution is 9.10. The van der Waals surface area contributed by atoms with E-state index >= 15 is 0 Å². The van der Waals surface area contributed by atoms with Crippen LogP contribution in [0.1, 0.15) is 5.56 Å². The molecule has 0 bridgehead atoms.